The van der Waals surface area contributed by atoms with Crippen molar-refractivity contribution in [2.75, 3.05) is 7.11 Å². The number of aliphatic hydroxyl groups is 1. The lowest BCUT2D eigenvalue weighted by molar-refractivity contribution is -0.142. The molecular weight excluding hydrogens is 242 g/mol. The van der Waals surface area contributed by atoms with E-state index < -0.39 is 23.5 Å². The number of hydrogen-bond acceptors (Lipinski definition) is 3. The first kappa shape index (κ1) is 14.2. The Bertz CT molecular complexity index is 365. The number of rotatable bonds is 4. The minimum absolute atomic E-state index is 0.0771. The van der Waals surface area contributed by atoms with Crippen LogP contribution in [0, 0.1) is 11.8 Å². The van der Waals surface area contributed by atoms with Crippen LogP contribution in [0.3, 0.4) is 0 Å². The third-order valence-corrected chi connectivity index (χ3v) is 3.32. The van der Waals surface area contributed by atoms with Crippen molar-refractivity contribution in [1.82, 2.24) is 0 Å². The number of carbonyl (C=O) groups excluding carboxylic acids is 1. The summed E-state index contributed by atoms with van der Waals surface area (Å²) in [7, 11) is 1.44. The van der Waals surface area contributed by atoms with Crippen LogP contribution < -0.4 is 5.73 Å². The monoisotopic (exact) mass is 259 g/mol. The molecule has 0 radical (unpaired) electrons. The number of hydrogen-bond donors (Lipinski definition) is 2. The van der Waals surface area contributed by atoms with E-state index in [1.54, 1.807) is 12.2 Å². The van der Waals surface area contributed by atoms with Crippen molar-refractivity contribution in [1.29, 1.82) is 0 Å². The second-order valence-electron chi connectivity index (χ2n) is 4.51. The number of halogens is 1. The summed E-state index contributed by atoms with van der Waals surface area (Å²) in [6.45, 7) is 3.69. The van der Waals surface area contributed by atoms with E-state index in [1.165, 1.54) is 13.2 Å². The Morgan fingerprint density at radius 2 is 2.24 bits per heavy atom. The zero-order chi connectivity index (χ0) is 13.2. The molecule has 3 N–H and O–H groups in total. The van der Waals surface area contributed by atoms with E-state index in [0.717, 1.165) is 0 Å². The molecule has 0 aliphatic heterocycles. The zero-order valence-corrected chi connectivity index (χ0v) is 10.9. The first-order chi connectivity index (χ1) is 7.85. The van der Waals surface area contributed by atoms with Gasteiger partial charge in [-0.3, -0.25) is 4.79 Å². The standard InChI is InChI=1S/C12H18ClNO3/c1-7(2)10(15)12(17-3)5-4-8(13)6-9(12)11(14)16/h4-7,9-10,15H,1-3H3,(H2,14,16). The predicted octanol–water partition coefficient (Wildman–Crippen LogP) is 1.18. The average molecular weight is 260 g/mol. The minimum Gasteiger partial charge on any atom is -0.389 e. The number of nitrogens with two attached hydrogens (primary N) is 1. The number of aliphatic hydroxyl groups excluding tert-OH is 1. The van der Waals surface area contributed by atoms with E-state index in [4.69, 9.17) is 22.1 Å². The van der Waals surface area contributed by atoms with Gasteiger partial charge in [0, 0.05) is 12.1 Å². The third kappa shape index (κ3) is 2.54. The normalized spacial score (nSPS) is 30.2. The number of amides is 1. The van der Waals surface area contributed by atoms with Gasteiger partial charge in [-0.05, 0) is 18.1 Å². The molecule has 96 valence electrons. The molecule has 1 amide bonds. The van der Waals surface area contributed by atoms with Crippen molar-refractivity contribution < 1.29 is 14.6 Å². The fourth-order valence-corrected chi connectivity index (χ4v) is 2.27. The molecule has 0 heterocycles. The second kappa shape index (κ2) is 5.21. The van der Waals surface area contributed by atoms with Gasteiger partial charge in [-0.2, -0.15) is 0 Å². The molecule has 5 heteroatoms. The van der Waals surface area contributed by atoms with Gasteiger partial charge < -0.3 is 15.6 Å². The van der Waals surface area contributed by atoms with E-state index in [1.807, 2.05) is 13.8 Å². The lowest BCUT2D eigenvalue weighted by Crippen LogP contribution is -2.55. The van der Waals surface area contributed by atoms with Gasteiger partial charge >= 0.3 is 0 Å². The summed E-state index contributed by atoms with van der Waals surface area (Å²) in [6.07, 6.45) is 3.88. The van der Waals surface area contributed by atoms with Crippen LogP contribution >= 0.6 is 11.6 Å². The molecule has 0 saturated heterocycles. The van der Waals surface area contributed by atoms with Gasteiger partial charge in [-0.25, -0.2) is 0 Å². The summed E-state index contributed by atoms with van der Waals surface area (Å²) < 4.78 is 5.38. The number of allylic oxidation sites excluding steroid dienone is 2. The summed E-state index contributed by atoms with van der Waals surface area (Å²) in [4.78, 5) is 11.5. The molecule has 1 aliphatic carbocycles. The van der Waals surface area contributed by atoms with Crippen molar-refractivity contribution in [3.8, 4) is 0 Å². The maximum absolute atomic E-state index is 11.5. The summed E-state index contributed by atoms with van der Waals surface area (Å²) in [5.74, 6) is -1.43. The van der Waals surface area contributed by atoms with E-state index in [-0.39, 0.29) is 5.92 Å². The van der Waals surface area contributed by atoms with E-state index in [9.17, 15) is 9.90 Å². The van der Waals surface area contributed by atoms with Crippen LogP contribution in [0.4, 0.5) is 0 Å². The first-order valence-electron chi connectivity index (χ1n) is 5.44. The van der Waals surface area contributed by atoms with Gasteiger partial charge in [0.1, 0.15) is 5.60 Å². The Kier molecular flexibility index (Phi) is 4.36. The average Bonchev–Trinajstić information content (AvgIpc) is 2.28. The molecule has 3 unspecified atom stereocenters. The van der Waals surface area contributed by atoms with Gasteiger partial charge in [0.2, 0.25) is 5.91 Å². The highest BCUT2D eigenvalue weighted by molar-refractivity contribution is 6.31. The topological polar surface area (TPSA) is 72.6 Å². The number of primary amides is 1. The lowest BCUT2D eigenvalue weighted by atomic mass is 9.75. The minimum atomic E-state index is -1.14. The fraction of sp³-hybridized carbons (Fsp3) is 0.583. The molecule has 0 fully saturated rings. The molecule has 1 aliphatic rings. The van der Waals surface area contributed by atoms with Gasteiger partial charge in [0.05, 0.1) is 12.0 Å². The molecule has 17 heavy (non-hydrogen) atoms. The molecule has 4 nitrogen and oxygen atoms in total. The molecule has 0 aromatic heterocycles. The molecule has 0 spiro atoms. The summed E-state index contributed by atoms with van der Waals surface area (Å²) in [5.41, 5.74) is 4.21. The van der Waals surface area contributed by atoms with Crippen LogP contribution in [0.15, 0.2) is 23.3 Å². The molecule has 0 aromatic rings. The largest absolute Gasteiger partial charge is 0.389 e. The molecule has 1 rings (SSSR count). The quantitative estimate of drug-likeness (QED) is 0.796. The summed E-state index contributed by atoms with van der Waals surface area (Å²) >= 11 is 5.85. The first-order valence-corrected chi connectivity index (χ1v) is 5.82. The SMILES string of the molecule is COC1(C(O)C(C)C)C=CC(Cl)=CC1C(N)=O. The summed E-state index contributed by atoms with van der Waals surface area (Å²) in [5, 5.41) is 10.7. The van der Waals surface area contributed by atoms with Crippen molar-refractivity contribution in [3.05, 3.63) is 23.3 Å². The Balaban J connectivity index is 3.21. The predicted molar refractivity (Wildman–Crippen MR) is 66.3 cm³/mol. The van der Waals surface area contributed by atoms with Crippen molar-refractivity contribution >= 4 is 17.5 Å². The summed E-state index contributed by atoms with van der Waals surface area (Å²) in [6, 6.07) is 0. The Morgan fingerprint density at radius 1 is 1.65 bits per heavy atom. The van der Waals surface area contributed by atoms with Crippen molar-refractivity contribution in [3.63, 3.8) is 0 Å². The molecular formula is C12H18ClNO3. The highest BCUT2D eigenvalue weighted by Gasteiger charge is 2.47. The van der Waals surface area contributed by atoms with Gasteiger partial charge in [0.15, 0.2) is 0 Å². The van der Waals surface area contributed by atoms with Gasteiger partial charge in [-0.15, -0.1) is 0 Å². The van der Waals surface area contributed by atoms with Crippen LogP contribution in [-0.2, 0) is 9.53 Å². The molecule has 0 bridgehead atoms. The fourth-order valence-electron chi connectivity index (χ4n) is 2.08. The van der Waals surface area contributed by atoms with Crippen LogP contribution in [0.25, 0.3) is 0 Å². The van der Waals surface area contributed by atoms with E-state index in [0.29, 0.717) is 5.03 Å². The van der Waals surface area contributed by atoms with Crippen molar-refractivity contribution in [2.24, 2.45) is 17.6 Å². The Hall–Kier alpha value is -0.840. The third-order valence-electron chi connectivity index (χ3n) is 3.07. The molecule has 3 atom stereocenters. The highest BCUT2D eigenvalue weighted by Crippen LogP contribution is 2.36. The van der Waals surface area contributed by atoms with E-state index in [2.05, 4.69) is 0 Å². The van der Waals surface area contributed by atoms with Gasteiger partial charge in [-0.1, -0.05) is 31.5 Å². The Morgan fingerprint density at radius 3 is 2.65 bits per heavy atom. The van der Waals surface area contributed by atoms with Crippen LogP contribution in [0.5, 0.6) is 0 Å². The van der Waals surface area contributed by atoms with Crippen LogP contribution in [0.2, 0.25) is 0 Å². The number of methoxy groups -OCH3 is 1. The van der Waals surface area contributed by atoms with E-state index >= 15 is 0 Å². The number of carbonyl (C=O) groups is 1. The number of ether oxygens (including phenoxy) is 1. The zero-order valence-electron chi connectivity index (χ0n) is 10.2. The van der Waals surface area contributed by atoms with Gasteiger partial charge in [0.25, 0.3) is 0 Å². The van der Waals surface area contributed by atoms with Crippen LogP contribution in [0.1, 0.15) is 13.8 Å². The van der Waals surface area contributed by atoms with Crippen LogP contribution in [-0.4, -0.2) is 29.8 Å². The molecule has 0 aromatic carbocycles. The maximum Gasteiger partial charge on any atom is 0.227 e. The highest BCUT2D eigenvalue weighted by atomic mass is 35.5. The molecule has 0 saturated carbocycles. The second-order valence-corrected chi connectivity index (χ2v) is 4.95. The van der Waals surface area contributed by atoms with Crippen molar-refractivity contribution in [2.45, 2.75) is 25.6 Å². The maximum atomic E-state index is 11.5. The lowest BCUT2D eigenvalue weighted by Gasteiger charge is -2.41. The smallest absolute Gasteiger partial charge is 0.227 e. The Labute approximate surface area is 106 Å².